The summed E-state index contributed by atoms with van der Waals surface area (Å²) in [5.41, 5.74) is 0. The normalized spacial score (nSPS) is 0.889. The molecular formula is C12Fe2MoN12-6. The van der Waals surface area contributed by atoms with E-state index in [0.29, 0.717) is 0 Å². The van der Waals surface area contributed by atoms with Crippen LogP contribution in [-0.4, -0.2) is 0 Å². The first kappa shape index (κ1) is 182. The third-order valence-corrected chi connectivity index (χ3v) is 0. The fourth-order valence-electron chi connectivity index (χ4n) is 0. The van der Waals surface area contributed by atoms with E-state index in [1.54, 1.807) is 0 Å². The van der Waals surface area contributed by atoms with Crippen LogP contribution in [0.3, 0.4) is 0 Å². The van der Waals surface area contributed by atoms with Gasteiger partial charge < -0.3 is 142 Å². The van der Waals surface area contributed by atoms with Gasteiger partial charge in [-0.3, -0.25) is 0 Å². The maximum atomic E-state index is 6.25. The predicted molar refractivity (Wildman–Crippen MR) is 59.6 cm³/mol. The molecule has 136 valence electrons. The number of nitrogens with zero attached hydrogens (tertiary/aromatic N) is 12. The molecule has 0 aliphatic rings. The van der Waals surface area contributed by atoms with Crippen molar-refractivity contribution in [3.05, 3.63) is 78.9 Å². The molecule has 0 aromatic carbocycles. The molecule has 12 nitrogen and oxygen atoms in total. The van der Waals surface area contributed by atoms with Crippen molar-refractivity contribution in [3.8, 4) is 0 Å². The summed E-state index contributed by atoms with van der Waals surface area (Å²) in [6, 6.07) is 0. The van der Waals surface area contributed by atoms with Crippen LogP contribution in [0.2, 0.25) is 0 Å². The Bertz CT molecular complexity index is 226. The predicted octanol–water partition coefficient (Wildman–Crippen LogP) is 1.15. The van der Waals surface area contributed by atoms with Crippen molar-refractivity contribution in [2.75, 3.05) is 0 Å². The van der Waals surface area contributed by atoms with Gasteiger partial charge >= 0.3 is 34.1 Å². The van der Waals surface area contributed by atoms with Gasteiger partial charge in [0.05, 0.1) is 0 Å². The third kappa shape index (κ3) is 430. The molecule has 27 heavy (non-hydrogen) atoms. The molecule has 0 unspecified atom stereocenters. The second kappa shape index (κ2) is 476. The van der Waals surface area contributed by atoms with E-state index in [-0.39, 0.29) is 55.2 Å². The standard InChI is InChI=1S/12CN.2Fe.Mo/c12*1-2;;;/q12*-1;2*+3;. The summed E-state index contributed by atoms with van der Waals surface area (Å²) >= 11 is 0. The summed E-state index contributed by atoms with van der Waals surface area (Å²) in [5, 5.41) is 75.0. The van der Waals surface area contributed by atoms with E-state index >= 15 is 0 Å². The van der Waals surface area contributed by atoms with Crippen molar-refractivity contribution in [1.29, 1.82) is 63.1 Å². The van der Waals surface area contributed by atoms with Gasteiger partial charge in [-0.05, 0) is 0 Å². The molecule has 0 aromatic rings. The first-order chi connectivity index (χ1) is 12.0. The van der Waals surface area contributed by atoms with Gasteiger partial charge in [0.25, 0.3) is 0 Å². The van der Waals surface area contributed by atoms with Crippen LogP contribution in [0.1, 0.15) is 0 Å². The molecule has 0 N–H and O–H groups in total. The van der Waals surface area contributed by atoms with E-state index in [0.717, 1.165) is 0 Å². The van der Waals surface area contributed by atoms with E-state index in [2.05, 4.69) is 0 Å². The second-order valence-corrected chi connectivity index (χ2v) is 0. The first-order valence-corrected chi connectivity index (χ1v) is 2.68. The van der Waals surface area contributed by atoms with Crippen LogP contribution < -0.4 is 0 Å². The molecule has 0 saturated heterocycles. The number of rotatable bonds is 0. The van der Waals surface area contributed by atoms with Gasteiger partial charge in [-0.15, -0.1) is 0 Å². The Hall–Kier alpha value is -4.39. The minimum Gasteiger partial charge on any atom is -0.512 e. The third-order valence-electron chi connectivity index (χ3n) is 0. The van der Waals surface area contributed by atoms with Crippen LogP contribution in [0, 0.1) is 142 Å². The average Bonchev–Trinajstić information content (AvgIpc) is 2.84. The zero-order valence-electron chi connectivity index (χ0n) is 12.5. The van der Waals surface area contributed by atoms with Crippen LogP contribution in [0.5, 0.6) is 0 Å². The fourth-order valence-corrected chi connectivity index (χ4v) is 0. The van der Waals surface area contributed by atoms with Crippen molar-refractivity contribution in [3.63, 3.8) is 0 Å². The van der Waals surface area contributed by atoms with Crippen molar-refractivity contribution in [2.45, 2.75) is 0 Å². The van der Waals surface area contributed by atoms with Crippen LogP contribution >= 0.6 is 0 Å². The Balaban J connectivity index is -0.00000000443. The quantitative estimate of drug-likeness (QED) is 0.321. The summed E-state index contributed by atoms with van der Waals surface area (Å²) in [7, 11) is 0. The minimum atomic E-state index is 0. The maximum absolute atomic E-state index is 6.25. The van der Waals surface area contributed by atoms with Crippen LogP contribution in [0.15, 0.2) is 0 Å². The molecule has 0 rings (SSSR count). The largest absolute Gasteiger partial charge is 3.00 e. The van der Waals surface area contributed by atoms with Gasteiger partial charge in [-0.2, -0.15) is 0 Å². The van der Waals surface area contributed by atoms with Gasteiger partial charge in [-0.25, -0.2) is 0 Å². The Morgan fingerprint density at radius 2 is 0.185 bits per heavy atom. The van der Waals surface area contributed by atoms with E-state index in [4.69, 9.17) is 142 Å². The SMILES string of the molecule is [C-]#N.[C-]#N.[C-]#N.[C-]#N.[C-]#N.[C-]#N.[C-]#N.[C-]#N.[C-]#N.[C-]#N.[C-]#N.[C-]#N.[Fe+3].[Fe+3].[Mo]. The van der Waals surface area contributed by atoms with E-state index in [1.807, 2.05) is 0 Å². The Labute approximate surface area is 196 Å². The van der Waals surface area contributed by atoms with Crippen LogP contribution in [0.4, 0.5) is 0 Å². The Kier molecular flexibility index (Phi) is 3210. The summed E-state index contributed by atoms with van der Waals surface area (Å²) in [4.78, 5) is 0. The van der Waals surface area contributed by atoms with Crippen molar-refractivity contribution < 1.29 is 55.2 Å². The van der Waals surface area contributed by atoms with Gasteiger partial charge in [0.15, 0.2) is 0 Å². The molecule has 0 amide bonds. The zero-order chi connectivity index (χ0) is 24.0. The molecule has 15 heteroatoms. The van der Waals surface area contributed by atoms with Gasteiger partial charge in [0, 0.05) is 21.1 Å². The molecule has 0 aromatic heterocycles. The zero-order valence-corrected chi connectivity index (χ0v) is 16.7. The van der Waals surface area contributed by atoms with Crippen molar-refractivity contribution in [1.82, 2.24) is 0 Å². The van der Waals surface area contributed by atoms with Crippen LogP contribution in [0.25, 0.3) is 0 Å². The molecule has 0 aliphatic carbocycles. The molecule has 0 heterocycles. The van der Waals surface area contributed by atoms with E-state index in [9.17, 15) is 0 Å². The fraction of sp³-hybridized carbons (Fsp3) is 0. The van der Waals surface area contributed by atoms with E-state index in [1.165, 1.54) is 0 Å². The second-order valence-electron chi connectivity index (χ2n) is 0. The first-order valence-electron chi connectivity index (χ1n) is 2.68. The molecule has 2 radical (unpaired) electrons. The van der Waals surface area contributed by atoms with Crippen LogP contribution in [-0.2, 0) is 55.2 Å². The molecule has 0 bridgehead atoms. The molecule has 0 saturated carbocycles. The minimum absolute atomic E-state index is 0. The Morgan fingerprint density at radius 3 is 0.185 bits per heavy atom. The molecule has 0 atom stereocenters. The number of hydrogen-bond donors (Lipinski definition) is 0. The molecule has 0 fully saturated rings. The summed E-state index contributed by atoms with van der Waals surface area (Å²) < 4.78 is 0. The molecule has 0 aliphatic heterocycles. The Morgan fingerprint density at radius 1 is 0.185 bits per heavy atom. The van der Waals surface area contributed by atoms with Crippen molar-refractivity contribution >= 4 is 0 Å². The van der Waals surface area contributed by atoms with Gasteiger partial charge in [-0.1, -0.05) is 0 Å². The summed E-state index contributed by atoms with van der Waals surface area (Å²) in [5.74, 6) is 0. The molecule has 0 spiro atoms. The summed E-state index contributed by atoms with van der Waals surface area (Å²) in [6.07, 6.45) is 0. The van der Waals surface area contributed by atoms with Gasteiger partial charge in [0.2, 0.25) is 0 Å². The maximum Gasteiger partial charge on any atom is 3.00 e. The van der Waals surface area contributed by atoms with E-state index < -0.39 is 0 Å². The topological polar surface area (TPSA) is 285 Å². The smallest absolute Gasteiger partial charge is 0.512 e. The monoisotopic (exact) mass is 522 g/mol. The average molecular weight is 520 g/mol. The van der Waals surface area contributed by atoms with Gasteiger partial charge in [0.1, 0.15) is 0 Å². The number of hydrogen-bond acceptors (Lipinski definition) is 12. The van der Waals surface area contributed by atoms with Crippen molar-refractivity contribution in [2.24, 2.45) is 0 Å². The molecular weight excluding hydrogens is 520 g/mol. The summed E-state index contributed by atoms with van der Waals surface area (Å²) in [6.45, 7) is 57.0.